The Kier molecular flexibility index (Phi) is 12.2. The maximum atomic E-state index is 13.4. The van der Waals surface area contributed by atoms with Crippen LogP contribution in [-0.2, 0) is 4.79 Å². The largest absolute Gasteiger partial charge is 0.305 e. The van der Waals surface area contributed by atoms with E-state index in [9.17, 15) is 9.59 Å². The molecule has 0 bridgehead atoms. The van der Waals surface area contributed by atoms with Gasteiger partial charge < -0.3 is 5.41 Å². The van der Waals surface area contributed by atoms with Crippen LogP contribution in [0.25, 0.3) is 0 Å². The first kappa shape index (κ1) is 30.9. The SMILES string of the molecule is C=C1CCC(CCC)(CCC)C/C(CCCC(C)(C)CCCC(=O)c2ccccc2)=C(/C(=N)CC)C1=O. The Morgan fingerprint density at radius 1 is 1.03 bits per heavy atom. The Morgan fingerprint density at radius 3 is 2.24 bits per heavy atom. The minimum Gasteiger partial charge on any atom is -0.305 e. The lowest BCUT2D eigenvalue weighted by atomic mass is 9.67. The van der Waals surface area contributed by atoms with Crippen LogP contribution < -0.4 is 0 Å². The lowest BCUT2D eigenvalue weighted by Gasteiger charge is -2.38. The first-order valence-electron chi connectivity index (χ1n) is 14.7. The van der Waals surface area contributed by atoms with Gasteiger partial charge >= 0.3 is 0 Å². The van der Waals surface area contributed by atoms with Crippen LogP contribution >= 0.6 is 0 Å². The molecule has 0 aromatic heterocycles. The summed E-state index contributed by atoms with van der Waals surface area (Å²) < 4.78 is 0. The molecule has 1 N–H and O–H groups in total. The van der Waals surface area contributed by atoms with Gasteiger partial charge in [0.25, 0.3) is 0 Å². The zero-order valence-corrected chi connectivity index (χ0v) is 24.3. The number of ketones is 2. The third kappa shape index (κ3) is 9.20. The number of benzene rings is 1. The highest BCUT2D eigenvalue weighted by Gasteiger charge is 2.35. The van der Waals surface area contributed by atoms with Crippen molar-refractivity contribution in [1.29, 1.82) is 5.41 Å². The minimum absolute atomic E-state index is 0.0159. The molecule has 1 aliphatic carbocycles. The molecule has 0 saturated heterocycles. The quantitative estimate of drug-likeness (QED) is 0.146. The van der Waals surface area contributed by atoms with Gasteiger partial charge in [0.2, 0.25) is 0 Å². The van der Waals surface area contributed by atoms with Crippen LogP contribution in [0.1, 0.15) is 135 Å². The van der Waals surface area contributed by atoms with Gasteiger partial charge in [-0.3, -0.25) is 9.59 Å². The lowest BCUT2D eigenvalue weighted by Crippen LogP contribution is -2.28. The standard InChI is InChI=1S/C34H51NO2/c1-7-20-34(21-8-2)24-19-26(4)32(37)31(29(35)9-3)28(25-34)17-13-22-33(5,6)23-14-18-30(36)27-15-11-10-12-16-27/h10-12,15-16,35H,4,7-9,13-14,17-25H2,1-3,5-6H3/b31-28-,35-29?. The van der Waals surface area contributed by atoms with Crippen molar-refractivity contribution in [2.24, 2.45) is 10.8 Å². The number of hydrogen-bond donors (Lipinski definition) is 1. The molecule has 3 nitrogen and oxygen atoms in total. The van der Waals surface area contributed by atoms with Crippen molar-refractivity contribution in [3.63, 3.8) is 0 Å². The van der Waals surface area contributed by atoms with Crippen molar-refractivity contribution < 1.29 is 9.59 Å². The minimum atomic E-state index is 0.0159. The van der Waals surface area contributed by atoms with Crippen molar-refractivity contribution in [3.05, 3.63) is 59.2 Å². The van der Waals surface area contributed by atoms with Crippen LogP contribution in [-0.4, -0.2) is 17.3 Å². The molecular formula is C34H51NO2. The normalized spacial score (nSPS) is 18.4. The average molecular weight is 506 g/mol. The maximum absolute atomic E-state index is 13.4. The van der Waals surface area contributed by atoms with Gasteiger partial charge in [0, 0.05) is 23.3 Å². The van der Waals surface area contributed by atoms with E-state index in [1.165, 1.54) is 18.4 Å². The number of nitrogens with one attached hydrogen (secondary N) is 1. The molecule has 1 aromatic rings. The summed E-state index contributed by atoms with van der Waals surface area (Å²) in [7, 11) is 0. The third-order valence-electron chi connectivity index (χ3n) is 8.35. The molecule has 2 rings (SSSR count). The van der Waals surface area contributed by atoms with Gasteiger partial charge in [-0.05, 0) is 87.0 Å². The number of Topliss-reactive ketones (excluding diaryl/α,β-unsaturated/α-hetero) is 2. The average Bonchev–Trinajstić information content (AvgIpc) is 2.87. The summed E-state index contributed by atoms with van der Waals surface area (Å²) in [4.78, 5) is 25.9. The van der Waals surface area contributed by atoms with E-state index in [1.807, 2.05) is 37.3 Å². The van der Waals surface area contributed by atoms with Gasteiger partial charge in [0.05, 0.1) is 0 Å². The predicted molar refractivity (Wildman–Crippen MR) is 158 cm³/mol. The van der Waals surface area contributed by atoms with Gasteiger partial charge in [0.15, 0.2) is 11.6 Å². The van der Waals surface area contributed by atoms with Gasteiger partial charge in [-0.25, -0.2) is 0 Å². The van der Waals surface area contributed by atoms with E-state index in [0.29, 0.717) is 29.7 Å². The van der Waals surface area contributed by atoms with Crippen LogP contribution in [0, 0.1) is 16.2 Å². The summed E-state index contributed by atoms with van der Waals surface area (Å²) in [5.74, 6) is 0.239. The summed E-state index contributed by atoms with van der Waals surface area (Å²) >= 11 is 0. The second-order valence-corrected chi connectivity index (χ2v) is 12.1. The molecule has 0 fully saturated rings. The molecule has 0 amide bonds. The van der Waals surface area contributed by atoms with Crippen molar-refractivity contribution in [3.8, 4) is 0 Å². The molecule has 0 aliphatic heterocycles. The first-order chi connectivity index (χ1) is 17.6. The second-order valence-electron chi connectivity index (χ2n) is 12.1. The highest BCUT2D eigenvalue weighted by molar-refractivity contribution is 6.27. The number of hydrogen-bond acceptors (Lipinski definition) is 3. The topological polar surface area (TPSA) is 58.0 Å². The van der Waals surface area contributed by atoms with Crippen LogP contribution in [0.3, 0.4) is 0 Å². The Labute approximate surface area is 226 Å². The molecule has 0 unspecified atom stereocenters. The zero-order valence-electron chi connectivity index (χ0n) is 24.3. The summed E-state index contributed by atoms with van der Waals surface area (Å²) in [5, 5.41) is 8.69. The van der Waals surface area contributed by atoms with E-state index in [1.54, 1.807) is 0 Å². The molecule has 0 atom stereocenters. The molecule has 0 spiro atoms. The molecule has 0 radical (unpaired) electrons. The molecular weight excluding hydrogens is 454 g/mol. The lowest BCUT2D eigenvalue weighted by molar-refractivity contribution is -0.112. The van der Waals surface area contributed by atoms with E-state index in [0.717, 1.165) is 69.8 Å². The Morgan fingerprint density at radius 2 is 1.65 bits per heavy atom. The molecule has 37 heavy (non-hydrogen) atoms. The highest BCUT2D eigenvalue weighted by Crippen LogP contribution is 2.46. The van der Waals surface area contributed by atoms with E-state index in [4.69, 9.17) is 5.41 Å². The summed E-state index contributed by atoms with van der Waals surface area (Å²) in [6, 6.07) is 9.58. The Hall–Kier alpha value is -2.29. The highest BCUT2D eigenvalue weighted by atomic mass is 16.1. The fourth-order valence-corrected chi connectivity index (χ4v) is 6.25. The van der Waals surface area contributed by atoms with Gasteiger partial charge in [-0.15, -0.1) is 0 Å². The van der Waals surface area contributed by atoms with E-state index in [2.05, 4.69) is 34.3 Å². The van der Waals surface area contributed by atoms with Crippen molar-refractivity contribution in [2.45, 2.75) is 125 Å². The van der Waals surface area contributed by atoms with Crippen molar-refractivity contribution in [1.82, 2.24) is 0 Å². The third-order valence-corrected chi connectivity index (χ3v) is 8.35. The molecule has 204 valence electrons. The van der Waals surface area contributed by atoms with E-state index < -0.39 is 0 Å². The predicted octanol–water partition coefficient (Wildman–Crippen LogP) is 9.86. The molecule has 0 saturated carbocycles. The summed E-state index contributed by atoms with van der Waals surface area (Å²) in [5.41, 5.74) is 4.18. The maximum Gasteiger partial charge on any atom is 0.190 e. The monoisotopic (exact) mass is 505 g/mol. The zero-order chi connectivity index (χ0) is 27.5. The molecule has 1 aliphatic rings. The molecule has 3 heteroatoms. The number of carbonyl (C=O) groups excluding carboxylic acids is 2. The molecule has 1 aromatic carbocycles. The van der Waals surface area contributed by atoms with Gasteiger partial charge in [-0.2, -0.15) is 0 Å². The van der Waals surface area contributed by atoms with Gasteiger partial charge in [-0.1, -0.05) is 89.9 Å². The summed E-state index contributed by atoms with van der Waals surface area (Å²) in [6.07, 6.45) is 13.3. The Bertz CT molecular complexity index is 961. The van der Waals surface area contributed by atoms with Crippen LogP contribution in [0.4, 0.5) is 0 Å². The van der Waals surface area contributed by atoms with Crippen LogP contribution in [0.2, 0.25) is 0 Å². The number of carbonyl (C=O) groups is 2. The van der Waals surface area contributed by atoms with Gasteiger partial charge in [0.1, 0.15) is 0 Å². The fourth-order valence-electron chi connectivity index (χ4n) is 6.25. The smallest absolute Gasteiger partial charge is 0.190 e. The van der Waals surface area contributed by atoms with E-state index in [-0.39, 0.29) is 22.4 Å². The van der Waals surface area contributed by atoms with Crippen LogP contribution in [0.5, 0.6) is 0 Å². The van der Waals surface area contributed by atoms with Crippen molar-refractivity contribution in [2.75, 3.05) is 0 Å². The van der Waals surface area contributed by atoms with E-state index >= 15 is 0 Å². The second kappa shape index (κ2) is 14.6. The first-order valence-corrected chi connectivity index (χ1v) is 14.7. The summed E-state index contributed by atoms with van der Waals surface area (Å²) in [6.45, 7) is 15.3. The van der Waals surface area contributed by atoms with Crippen molar-refractivity contribution >= 4 is 17.3 Å². The van der Waals surface area contributed by atoms with Crippen LogP contribution in [0.15, 0.2) is 53.6 Å². The number of allylic oxidation sites excluding steroid dienone is 3. The number of rotatable bonds is 15. The Balaban J connectivity index is 2.14. The molecule has 0 heterocycles. The fraction of sp³-hybridized carbons (Fsp3) is 0.618.